The van der Waals surface area contributed by atoms with Gasteiger partial charge in [-0.05, 0) is 43.4 Å². The van der Waals surface area contributed by atoms with E-state index in [1.54, 1.807) is 21.3 Å². The summed E-state index contributed by atoms with van der Waals surface area (Å²) in [5.41, 5.74) is 0.190. The molecule has 1 spiro atoms. The van der Waals surface area contributed by atoms with E-state index in [0.29, 0.717) is 25.2 Å². The predicted octanol–water partition coefficient (Wildman–Crippen LogP) is 1.78. The number of amides is 1. The molecule has 0 bridgehead atoms. The third kappa shape index (κ3) is 3.47. The molecule has 0 aliphatic carbocycles. The number of piperidine rings is 1. The minimum atomic E-state index is -3.28. The standard InChI is InChI=1S/C17H23FN2O3S/c1-24(22,23)20-10-4-8-17(20)7-3-9-19(13-17)16(21)12-14-5-2-6-15(18)11-14/h2,5-6,11H,3-4,7-10,12-13H2,1H3. The highest BCUT2D eigenvalue weighted by Gasteiger charge is 2.48. The Hall–Kier alpha value is -1.47. The van der Waals surface area contributed by atoms with E-state index in [4.69, 9.17) is 0 Å². The smallest absolute Gasteiger partial charge is 0.227 e. The van der Waals surface area contributed by atoms with Gasteiger partial charge in [0.05, 0.1) is 18.2 Å². The highest BCUT2D eigenvalue weighted by molar-refractivity contribution is 7.88. The molecule has 2 aliphatic heterocycles. The highest BCUT2D eigenvalue weighted by Crippen LogP contribution is 2.38. The molecule has 0 saturated carbocycles. The van der Waals surface area contributed by atoms with Gasteiger partial charge in [0.25, 0.3) is 0 Å². The second-order valence-electron chi connectivity index (χ2n) is 6.89. The number of carbonyl (C=O) groups is 1. The zero-order valence-electron chi connectivity index (χ0n) is 13.9. The summed E-state index contributed by atoms with van der Waals surface area (Å²) in [6.07, 6.45) is 4.60. The topological polar surface area (TPSA) is 57.7 Å². The van der Waals surface area contributed by atoms with Gasteiger partial charge in [-0.15, -0.1) is 0 Å². The molecule has 1 aromatic rings. The monoisotopic (exact) mass is 354 g/mol. The maximum absolute atomic E-state index is 13.3. The molecule has 1 unspecified atom stereocenters. The summed E-state index contributed by atoms with van der Waals surface area (Å²) in [5.74, 6) is -0.422. The number of hydrogen-bond donors (Lipinski definition) is 0. The van der Waals surface area contributed by atoms with Crippen molar-refractivity contribution in [3.05, 3.63) is 35.6 Å². The summed E-state index contributed by atoms with van der Waals surface area (Å²) >= 11 is 0. The average molecular weight is 354 g/mol. The summed E-state index contributed by atoms with van der Waals surface area (Å²) in [7, 11) is -3.28. The van der Waals surface area contributed by atoms with Crippen molar-refractivity contribution < 1.29 is 17.6 Å². The number of nitrogens with zero attached hydrogens (tertiary/aromatic N) is 2. The van der Waals surface area contributed by atoms with Crippen molar-refractivity contribution in [2.45, 2.75) is 37.6 Å². The lowest BCUT2D eigenvalue weighted by Crippen LogP contribution is -2.58. The quantitative estimate of drug-likeness (QED) is 0.831. The molecule has 132 valence electrons. The van der Waals surface area contributed by atoms with Gasteiger partial charge in [-0.1, -0.05) is 12.1 Å². The van der Waals surface area contributed by atoms with Crippen LogP contribution in [0.3, 0.4) is 0 Å². The van der Waals surface area contributed by atoms with Crippen LogP contribution in [-0.4, -0.2) is 55.0 Å². The maximum Gasteiger partial charge on any atom is 0.227 e. The van der Waals surface area contributed by atoms with Crippen molar-refractivity contribution >= 4 is 15.9 Å². The molecule has 2 aliphatic rings. The summed E-state index contributed by atoms with van der Waals surface area (Å²) < 4.78 is 39.1. The number of hydrogen-bond acceptors (Lipinski definition) is 3. The van der Waals surface area contributed by atoms with E-state index in [2.05, 4.69) is 0 Å². The molecule has 5 nitrogen and oxygen atoms in total. The summed E-state index contributed by atoms with van der Waals surface area (Å²) in [4.78, 5) is 14.4. The third-order valence-corrected chi connectivity index (χ3v) is 6.46. The highest BCUT2D eigenvalue weighted by atomic mass is 32.2. The summed E-state index contributed by atoms with van der Waals surface area (Å²) in [6.45, 7) is 1.60. The average Bonchev–Trinajstić information content (AvgIpc) is 2.90. The fraction of sp³-hybridized carbons (Fsp3) is 0.588. The number of rotatable bonds is 3. The van der Waals surface area contributed by atoms with Gasteiger partial charge < -0.3 is 4.90 Å². The number of halogens is 1. The number of benzene rings is 1. The first-order chi connectivity index (χ1) is 11.3. The molecule has 2 saturated heterocycles. The largest absolute Gasteiger partial charge is 0.341 e. The van der Waals surface area contributed by atoms with Gasteiger partial charge in [0.15, 0.2) is 0 Å². The minimum absolute atomic E-state index is 0.0694. The first-order valence-electron chi connectivity index (χ1n) is 8.30. The van der Waals surface area contributed by atoms with Gasteiger partial charge in [0, 0.05) is 19.6 Å². The Balaban J connectivity index is 1.74. The van der Waals surface area contributed by atoms with Gasteiger partial charge in [0.2, 0.25) is 15.9 Å². The zero-order chi connectivity index (χ0) is 17.4. The van der Waals surface area contributed by atoms with Crippen LogP contribution in [0.2, 0.25) is 0 Å². The Morgan fingerprint density at radius 1 is 1.25 bits per heavy atom. The van der Waals surface area contributed by atoms with Crippen LogP contribution in [-0.2, 0) is 21.2 Å². The Bertz CT molecular complexity index is 737. The molecule has 24 heavy (non-hydrogen) atoms. The maximum atomic E-state index is 13.3. The van der Waals surface area contributed by atoms with Crippen molar-refractivity contribution in [1.82, 2.24) is 9.21 Å². The predicted molar refractivity (Wildman–Crippen MR) is 89.4 cm³/mol. The van der Waals surface area contributed by atoms with Gasteiger partial charge in [-0.25, -0.2) is 12.8 Å². The SMILES string of the molecule is CS(=O)(=O)N1CCCC12CCCN(C(=O)Cc1cccc(F)c1)C2. The number of likely N-dealkylation sites (tertiary alicyclic amines) is 1. The van der Waals surface area contributed by atoms with Crippen LogP contribution < -0.4 is 0 Å². The molecular weight excluding hydrogens is 331 g/mol. The van der Waals surface area contributed by atoms with Crippen molar-refractivity contribution in [2.24, 2.45) is 0 Å². The molecule has 2 fully saturated rings. The van der Waals surface area contributed by atoms with Crippen molar-refractivity contribution in [3.63, 3.8) is 0 Å². The van der Waals surface area contributed by atoms with Crippen LogP contribution in [0.4, 0.5) is 4.39 Å². The van der Waals surface area contributed by atoms with E-state index in [1.165, 1.54) is 18.4 Å². The lowest BCUT2D eigenvalue weighted by Gasteiger charge is -2.44. The van der Waals surface area contributed by atoms with E-state index < -0.39 is 15.6 Å². The molecule has 0 N–H and O–H groups in total. The van der Waals surface area contributed by atoms with Crippen LogP contribution in [0.5, 0.6) is 0 Å². The molecule has 1 atom stereocenters. The second kappa shape index (κ2) is 6.44. The van der Waals surface area contributed by atoms with E-state index in [-0.39, 0.29) is 18.1 Å². The van der Waals surface area contributed by atoms with Crippen LogP contribution in [0, 0.1) is 5.82 Å². The van der Waals surface area contributed by atoms with Crippen molar-refractivity contribution in [2.75, 3.05) is 25.9 Å². The fourth-order valence-electron chi connectivity index (χ4n) is 4.10. The molecule has 7 heteroatoms. The van der Waals surface area contributed by atoms with Crippen LogP contribution in [0.25, 0.3) is 0 Å². The molecule has 2 heterocycles. The van der Waals surface area contributed by atoms with Crippen molar-refractivity contribution in [1.29, 1.82) is 0 Å². The first kappa shape index (κ1) is 17.4. The van der Waals surface area contributed by atoms with E-state index >= 15 is 0 Å². The normalized spacial score (nSPS) is 25.3. The van der Waals surface area contributed by atoms with E-state index in [1.807, 2.05) is 0 Å². The van der Waals surface area contributed by atoms with Crippen LogP contribution in [0.15, 0.2) is 24.3 Å². The first-order valence-corrected chi connectivity index (χ1v) is 10.2. The summed E-state index contributed by atoms with van der Waals surface area (Å²) in [5, 5.41) is 0. The lowest BCUT2D eigenvalue weighted by atomic mass is 9.87. The van der Waals surface area contributed by atoms with Crippen LogP contribution >= 0.6 is 0 Å². The van der Waals surface area contributed by atoms with Gasteiger partial charge in [-0.2, -0.15) is 4.31 Å². The Morgan fingerprint density at radius 3 is 2.62 bits per heavy atom. The molecule has 1 aromatic carbocycles. The fourth-order valence-corrected chi connectivity index (χ4v) is 5.50. The Morgan fingerprint density at radius 2 is 1.96 bits per heavy atom. The van der Waals surface area contributed by atoms with E-state index in [9.17, 15) is 17.6 Å². The second-order valence-corrected chi connectivity index (χ2v) is 8.80. The van der Waals surface area contributed by atoms with Crippen molar-refractivity contribution in [3.8, 4) is 0 Å². The lowest BCUT2D eigenvalue weighted by molar-refractivity contribution is -0.133. The Kier molecular flexibility index (Phi) is 4.66. The number of carbonyl (C=O) groups excluding carboxylic acids is 1. The van der Waals surface area contributed by atoms with Gasteiger partial charge in [-0.3, -0.25) is 4.79 Å². The van der Waals surface area contributed by atoms with Gasteiger partial charge >= 0.3 is 0 Å². The summed E-state index contributed by atoms with van der Waals surface area (Å²) in [6, 6.07) is 6.06. The van der Waals surface area contributed by atoms with Crippen LogP contribution in [0.1, 0.15) is 31.2 Å². The molecule has 3 rings (SSSR count). The molecule has 0 radical (unpaired) electrons. The van der Waals surface area contributed by atoms with Gasteiger partial charge in [0.1, 0.15) is 5.82 Å². The Labute approximate surface area is 142 Å². The third-order valence-electron chi connectivity index (χ3n) is 5.09. The zero-order valence-corrected chi connectivity index (χ0v) is 14.7. The molecule has 0 aromatic heterocycles. The minimum Gasteiger partial charge on any atom is -0.341 e. The molecule has 1 amide bonds. The van der Waals surface area contributed by atoms with E-state index in [0.717, 1.165) is 25.7 Å². The number of sulfonamides is 1. The molecular formula is C17H23FN2O3S.